The number of aliphatic imine (C=N–C) groups is 1. The third-order valence-corrected chi connectivity index (χ3v) is 2.10. The summed E-state index contributed by atoms with van der Waals surface area (Å²) >= 11 is 0. The van der Waals surface area contributed by atoms with Crippen LogP contribution >= 0.6 is 0 Å². The number of oxime groups is 1. The van der Waals surface area contributed by atoms with E-state index in [4.69, 9.17) is 4.84 Å². The largest absolute Gasteiger partial charge is 0.392 e. The van der Waals surface area contributed by atoms with Crippen molar-refractivity contribution < 1.29 is 9.63 Å². The Hall–Kier alpha value is -2.23. The molecule has 0 unspecified atom stereocenters. The van der Waals surface area contributed by atoms with Gasteiger partial charge in [0.15, 0.2) is 0 Å². The summed E-state index contributed by atoms with van der Waals surface area (Å²) in [6, 6.07) is 7.56. The molecule has 0 aromatic heterocycles. The minimum Gasteiger partial charge on any atom is -0.392 e. The monoisotopic (exact) mass is 244 g/mol. The maximum atomic E-state index is 10.9. The van der Waals surface area contributed by atoms with E-state index in [0.717, 1.165) is 11.1 Å². The fourth-order valence-corrected chi connectivity index (χ4v) is 1.34. The van der Waals surface area contributed by atoms with Crippen LogP contribution in [0.1, 0.15) is 25.0 Å². The zero-order chi connectivity index (χ0) is 13.4. The molecule has 0 N–H and O–H groups in total. The van der Waals surface area contributed by atoms with Crippen molar-refractivity contribution in [2.75, 3.05) is 6.61 Å². The summed E-state index contributed by atoms with van der Waals surface area (Å²) in [6.07, 6.45) is 3.23. The highest BCUT2D eigenvalue weighted by atomic mass is 16.6. The fraction of sp³-hybridized carbons (Fsp3) is 0.214. The van der Waals surface area contributed by atoms with E-state index in [9.17, 15) is 4.79 Å². The van der Waals surface area contributed by atoms with Gasteiger partial charge in [0.25, 0.3) is 0 Å². The quantitative estimate of drug-likeness (QED) is 0.346. The van der Waals surface area contributed by atoms with Crippen molar-refractivity contribution in [1.82, 2.24) is 0 Å². The first-order valence-electron chi connectivity index (χ1n) is 5.56. The molecule has 18 heavy (non-hydrogen) atoms. The van der Waals surface area contributed by atoms with Crippen LogP contribution in [-0.2, 0) is 9.63 Å². The number of hydrogen-bond acceptors (Lipinski definition) is 3. The first kappa shape index (κ1) is 13.8. The minimum absolute atomic E-state index is 0.208. The average molecular weight is 244 g/mol. The van der Waals surface area contributed by atoms with Crippen LogP contribution in [0.2, 0.25) is 0 Å². The van der Waals surface area contributed by atoms with Crippen molar-refractivity contribution in [1.29, 1.82) is 0 Å². The van der Waals surface area contributed by atoms with Crippen molar-refractivity contribution in [2.24, 2.45) is 10.1 Å². The van der Waals surface area contributed by atoms with E-state index in [1.54, 1.807) is 19.2 Å². The third kappa shape index (κ3) is 4.74. The molecule has 0 spiro atoms. The molecule has 0 atom stereocenters. The Morgan fingerprint density at radius 3 is 2.89 bits per heavy atom. The summed E-state index contributed by atoms with van der Waals surface area (Å²) < 4.78 is 0. The van der Waals surface area contributed by atoms with Gasteiger partial charge in [-0.1, -0.05) is 36.0 Å². The molecule has 4 heteroatoms. The van der Waals surface area contributed by atoms with E-state index < -0.39 is 0 Å². The van der Waals surface area contributed by atoms with Crippen LogP contribution < -0.4 is 0 Å². The van der Waals surface area contributed by atoms with Crippen molar-refractivity contribution in [3.05, 3.63) is 48.0 Å². The zero-order valence-corrected chi connectivity index (χ0v) is 10.6. The van der Waals surface area contributed by atoms with Gasteiger partial charge >= 0.3 is 0 Å². The van der Waals surface area contributed by atoms with E-state index in [-0.39, 0.29) is 5.91 Å². The van der Waals surface area contributed by atoms with E-state index in [1.807, 2.05) is 24.3 Å². The standard InChI is InChI=1S/C14H16N2O2/c1-4-8-18-15-10-13-6-5-7-14(9-13)11(2)16-12(3)17/h4-7,9-10H,1,8H2,2-3H3/b15-10+,16-11?. The number of carbonyl (C=O) groups excluding carboxylic acids is 1. The van der Waals surface area contributed by atoms with Crippen LogP contribution in [0.25, 0.3) is 0 Å². The van der Waals surface area contributed by atoms with Gasteiger partial charge in [0.05, 0.1) is 6.21 Å². The van der Waals surface area contributed by atoms with Crippen LogP contribution in [0, 0.1) is 0 Å². The molecule has 1 rings (SSSR count). The third-order valence-electron chi connectivity index (χ3n) is 2.10. The van der Waals surface area contributed by atoms with Crippen LogP contribution in [0.5, 0.6) is 0 Å². The second-order valence-electron chi connectivity index (χ2n) is 3.66. The average Bonchev–Trinajstić information content (AvgIpc) is 2.34. The molecule has 0 fully saturated rings. The molecule has 1 aromatic rings. The highest BCUT2D eigenvalue weighted by Gasteiger charge is 1.99. The number of nitrogens with zero attached hydrogens (tertiary/aromatic N) is 2. The van der Waals surface area contributed by atoms with Crippen molar-refractivity contribution >= 4 is 17.8 Å². The van der Waals surface area contributed by atoms with E-state index in [1.165, 1.54) is 6.92 Å². The first-order valence-corrected chi connectivity index (χ1v) is 5.56. The zero-order valence-electron chi connectivity index (χ0n) is 10.6. The van der Waals surface area contributed by atoms with Crippen molar-refractivity contribution in [3.63, 3.8) is 0 Å². The van der Waals surface area contributed by atoms with Crippen LogP contribution in [0.4, 0.5) is 0 Å². The van der Waals surface area contributed by atoms with E-state index >= 15 is 0 Å². The maximum absolute atomic E-state index is 10.9. The Labute approximate surface area is 107 Å². The van der Waals surface area contributed by atoms with E-state index in [0.29, 0.717) is 12.3 Å². The molecule has 1 amide bonds. The molecular weight excluding hydrogens is 228 g/mol. The molecule has 0 radical (unpaired) electrons. The SMILES string of the molecule is C=CCO/N=C/c1cccc(C(C)=NC(C)=O)c1. The lowest BCUT2D eigenvalue weighted by Gasteiger charge is -2.01. The molecule has 0 saturated heterocycles. The summed E-state index contributed by atoms with van der Waals surface area (Å²) in [5.41, 5.74) is 2.46. The van der Waals surface area contributed by atoms with Gasteiger partial charge < -0.3 is 4.84 Å². The maximum Gasteiger partial charge on any atom is 0.242 e. The van der Waals surface area contributed by atoms with Gasteiger partial charge in [0.2, 0.25) is 5.91 Å². The molecule has 0 saturated carbocycles. The van der Waals surface area contributed by atoms with Gasteiger partial charge in [0, 0.05) is 12.6 Å². The summed E-state index contributed by atoms with van der Waals surface area (Å²) in [4.78, 5) is 19.7. The Morgan fingerprint density at radius 1 is 1.44 bits per heavy atom. The second kappa shape index (κ2) is 7.17. The summed E-state index contributed by atoms with van der Waals surface area (Å²) in [5, 5.41) is 3.79. The number of carbonyl (C=O) groups is 1. The first-order chi connectivity index (χ1) is 8.63. The highest BCUT2D eigenvalue weighted by Crippen LogP contribution is 2.05. The lowest BCUT2D eigenvalue weighted by Crippen LogP contribution is -1.99. The number of amides is 1. The van der Waals surface area contributed by atoms with Gasteiger partial charge in [0.1, 0.15) is 6.61 Å². The molecule has 0 aliphatic carbocycles. The molecule has 1 aromatic carbocycles. The highest BCUT2D eigenvalue weighted by molar-refractivity contribution is 6.05. The predicted octanol–water partition coefficient (Wildman–Crippen LogP) is 2.58. The number of benzene rings is 1. The Bertz CT molecular complexity index is 490. The predicted molar refractivity (Wildman–Crippen MR) is 73.1 cm³/mol. The Kier molecular flexibility index (Phi) is 5.51. The Balaban J connectivity index is 2.82. The molecular formula is C14H16N2O2. The smallest absolute Gasteiger partial charge is 0.242 e. The lowest BCUT2D eigenvalue weighted by molar-refractivity contribution is -0.115. The lowest BCUT2D eigenvalue weighted by atomic mass is 10.1. The molecule has 0 aliphatic heterocycles. The van der Waals surface area contributed by atoms with Gasteiger partial charge in [-0.15, -0.1) is 0 Å². The van der Waals surface area contributed by atoms with Crippen molar-refractivity contribution in [2.45, 2.75) is 13.8 Å². The fourth-order valence-electron chi connectivity index (χ4n) is 1.34. The topological polar surface area (TPSA) is 51.0 Å². The summed E-state index contributed by atoms with van der Waals surface area (Å²) in [5.74, 6) is -0.208. The molecule has 0 aliphatic rings. The van der Waals surface area contributed by atoms with Gasteiger partial charge in [-0.25, -0.2) is 4.99 Å². The molecule has 94 valence electrons. The molecule has 0 bridgehead atoms. The number of hydrogen-bond donors (Lipinski definition) is 0. The van der Waals surface area contributed by atoms with Crippen LogP contribution in [-0.4, -0.2) is 24.4 Å². The van der Waals surface area contributed by atoms with Crippen LogP contribution in [0.3, 0.4) is 0 Å². The molecule has 0 heterocycles. The van der Waals surface area contributed by atoms with Gasteiger partial charge in [-0.3, -0.25) is 4.79 Å². The second-order valence-corrected chi connectivity index (χ2v) is 3.66. The minimum atomic E-state index is -0.208. The van der Waals surface area contributed by atoms with Crippen LogP contribution in [0.15, 0.2) is 47.1 Å². The van der Waals surface area contributed by atoms with Gasteiger partial charge in [-0.05, 0) is 24.1 Å². The molecule has 4 nitrogen and oxygen atoms in total. The van der Waals surface area contributed by atoms with E-state index in [2.05, 4.69) is 16.7 Å². The Morgan fingerprint density at radius 2 is 2.22 bits per heavy atom. The normalized spacial score (nSPS) is 11.6. The van der Waals surface area contributed by atoms with Gasteiger partial charge in [-0.2, -0.15) is 0 Å². The summed E-state index contributed by atoms with van der Waals surface area (Å²) in [7, 11) is 0. The van der Waals surface area contributed by atoms with Crippen molar-refractivity contribution in [3.8, 4) is 0 Å². The number of rotatable bonds is 5. The summed E-state index contributed by atoms with van der Waals surface area (Å²) in [6.45, 7) is 7.13.